The molecule has 1 aliphatic heterocycles. The standard InChI is InChI=1S/C18H25N3O2/c1-13-6-8-21(9-7-13)18(22)11-17-19-15-10-14(12-23-3)4-5-16(15)20(17)2/h4-5,10,13H,6-9,11-12H2,1-3H3. The zero-order chi connectivity index (χ0) is 16.4. The first-order chi connectivity index (χ1) is 11.1. The lowest BCUT2D eigenvalue weighted by molar-refractivity contribution is -0.131. The summed E-state index contributed by atoms with van der Waals surface area (Å²) in [7, 11) is 3.67. The molecule has 1 aliphatic rings. The molecule has 5 heteroatoms. The number of aromatic nitrogens is 2. The number of benzene rings is 1. The molecular weight excluding hydrogens is 290 g/mol. The first-order valence-electron chi connectivity index (χ1n) is 8.29. The second kappa shape index (κ2) is 6.71. The van der Waals surface area contributed by atoms with Gasteiger partial charge < -0.3 is 14.2 Å². The lowest BCUT2D eigenvalue weighted by Crippen LogP contribution is -2.39. The van der Waals surface area contributed by atoms with Crippen LogP contribution in [-0.4, -0.2) is 40.6 Å². The quantitative estimate of drug-likeness (QED) is 0.871. The number of hydrogen-bond donors (Lipinski definition) is 0. The number of methoxy groups -OCH3 is 1. The molecule has 0 unspecified atom stereocenters. The van der Waals surface area contributed by atoms with Crippen molar-refractivity contribution in [2.24, 2.45) is 13.0 Å². The molecule has 1 aromatic carbocycles. The number of aryl methyl sites for hydroxylation is 1. The summed E-state index contributed by atoms with van der Waals surface area (Å²) in [6.07, 6.45) is 2.59. The van der Waals surface area contributed by atoms with Gasteiger partial charge in [0, 0.05) is 27.2 Å². The maximum absolute atomic E-state index is 12.5. The fourth-order valence-electron chi connectivity index (χ4n) is 3.21. The zero-order valence-corrected chi connectivity index (χ0v) is 14.2. The normalized spacial score (nSPS) is 16.2. The predicted octanol–water partition coefficient (Wildman–Crippen LogP) is 2.52. The number of ether oxygens (including phenoxy) is 1. The van der Waals surface area contributed by atoms with E-state index in [1.54, 1.807) is 7.11 Å². The number of rotatable bonds is 4. The van der Waals surface area contributed by atoms with Crippen LogP contribution in [0.2, 0.25) is 0 Å². The van der Waals surface area contributed by atoms with E-state index in [0.717, 1.165) is 54.3 Å². The molecular formula is C18H25N3O2. The maximum Gasteiger partial charge on any atom is 0.230 e. The molecule has 23 heavy (non-hydrogen) atoms. The molecule has 3 rings (SSSR count). The smallest absolute Gasteiger partial charge is 0.230 e. The SMILES string of the molecule is COCc1ccc2c(c1)nc(CC(=O)N1CCC(C)CC1)n2C. The van der Waals surface area contributed by atoms with Crippen LogP contribution in [-0.2, 0) is 29.6 Å². The fraction of sp³-hybridized carbons (Fsp3) is 0.556. The van der Waals surface area contributed by atoms with Gasteiger partial charge in [0.25, 0.3) is 0 Å². The van der Waals surface area contributed by atoms with E-state index in [1.165, 1.54) is 0 Å². The van der Waals surface area contributed by atoms with Crippen LogP contribution in [0.25, 0.3) is 11.0 Å². The topological polar surface area (TPSA) is 47.4 Å². The Kier molecular flexibility index (Phi) is 4.66. The van der Waals surface area contributed by atoms with E-state index in [4.69, 9.17) is 4.74 Å². The molecule has 0 radical (unpaired) electrons. The summed E-state index contributed by atoms with van der Waals surface area (Å²) in [6, 6.07) is 6.13. The molecule has 0 saturated carbocycles. The Morgan fingerprint density at radius 1 is 1.35 bits per heavy atom. The van der Waals surface area contributed by atoms with E-state index in [-0.39, 0.29) is 5.91 Å². The third-order valence-corrected chi connectivity index (χ3v) is 4.79. The highest BCUT2D eigenvalue weighted by atomic mass is 16.5. The molecule has 124 valence electrons. The predicted molar refractivity (Wildman–Crippen MR) is 90.1 cm³/mol. The highest BCUT2D eigenvalue weighted by molar-refractivity contribution is 5.81. The van der Waals surface area contributed by atoms with E-state index >= 15 is 0 Å². The summed E-state index contributed by atoms with van der Waals surface area (Å²) < 4.78 is 7.20. The number of fused-ring (bicyclic) bond motifs is 1. The van der Waals surface area contributed by atoms with E-state index < -0.39 is 0 Å². The van der Waals surface area contributed by atoms with Crippen LogP contribution in [0, 0.1) is 5.92 Å². The molecule has 2 aromatic rings. The summed E-state index contributed by atoms with van der Waals surface area (Å²) >= 11 is 0. The molecule has 1 aromatic heterocycles. The molecule has 0 spiro atoms. The van der Waals surface area contributed by atoms with Gasteiger partial charge in [0.15, 0.2) is 0 Å². The average Bonchev–Trinajstić information content (AvgIpc) is 2.84. The Balaban J connectivity index is 1.77. The minimum atomic E-state index is 0.187. The van der Waals surface area contributed by atoms with Gasteiger partial charge in [-0.1, -0.05) is 13.0 Å². The Morgan fingerprint density at radius 2 is 2.09 bits per heavy atom. The van der Waals surface area contributed by atoms with Crippen LogP contribution in [0.5, 0.6) is 0 Å². The van der Waals surface area contributed by atoms with Crippen LogP contribution in [0.15, 0.2) is 18.2 Å². The number of likely N-dealkylation sites (tertiary alicyclic amines) is 1. The third kappa shape index (κ3) is 3.39. The molecule has 1 amide bonds. The molecule has 2 heterocycles. The molecule has 1 saturated heterocycles. The minimum absolute atomic E-state index is 0.187. The van der Waals surface area contributed by atoms with Crippen LogP contribution in [0.4, 0.5) is 0 Å². The first kappa shape index (κ1) is 16.0. The van der Waals surface area contributed by atoms with Gasteiger partial charge in [-0.25, -0.2) is 4.98 Å². The second-order valence-electron chi connectivity index (χ2n) is 6.58. The third-order valence-electron chi connectivity index (χ3n) is 4.79. The Morgan fingerprint density at radius 3 is 2.78 bits per heavy atom. The van der Waals surface area contributed by atoms with Crippen molar-refractivity contribution in [2.75, 3.05) is 20.2 Å². The Labute approximate surface area is 137 Å². The van der Waals surface area contributed by atoms with Crippen LogP contribution in [0.1, 0.15) is 31.2 Å². The van der Waals surface area contributed by atoms with E-state index in [0.29, 0.717) is 13.0 Å². The maximum atomic E-state index is 12.5. The van der Waals surface area contributed by atoms with Gasteiger partial charge in [-0.15, -0.1) is 0 Å². The average molecular weight is 315 g/mol. The lowest BCUT2D eigenvalue weighted by atomic mass is 9.99. The summed E-state index contributed by atoms with van der Waals surface area (Å²) in [6.45, 7) is 4.58. The molecule has 0 atom stereocenters. The number of carbonyl (C=O) groups excluding carboxylic acids is 1. The number of carbonyl (C=O) groups is 1. The lowest BCUT2D eigenvalue weighted by Gasteiger charge is -2.30. The highest BCUT2D eigenvalue weighted by Gasteiger charge is 2.22. The van der Waals surface area contributed by atoms with Crippen molar-refractivity contribution in [3.05, 3.63) is 29.6 Å². The van der Waals surface area contributed by atoms with Gasteiger partial charge in [-0.3, -0.25) is 4.79 Å². The van der Waals surface area contributed by atoms with Crippen molar-refractivity contribution in [1.82, 2.24) is 14.5 Å². The molecule has 0 N–H and O–H groups in total. The van der Waals surface area contributed by atoms with Crippen molar-refractivity contribution >= 4 is 16.9 Å². The van der Waals surface area contributed by atoms with Gasteiger partial charge in [-0.2, -0.15) is 0 Å². The summed E-state index contributed by atoms with van der Waals surface area (Å²) in [5.41, 5.74) is 3.08. The van der Waals surface area contributed by atoms with E-state index in [1.807, 2.05) is 34.7 Å². The van der Waals surface area contributed by atoms with Gasteiger partial charge >= 0.3 is 0 Å². The summed E-state index contributed by atoms with van der Waals surface area (Å²) in [4.78, 5) is 19.2. The fourth-order valence-corrected chi connectivity index (χ4v) is 3.21. The number of amides is 1. The van der Waals surface area contributed by atoms with Crippen molar-refractivity contribution in [3.63, 3.8) is 0 Å². The van der Waals surface area contributed by atoms with E-state index in [2.05, 4.69) is 11.9 Å². The van der Waals surface area contributed by atoms with Crippen molar-refractivity contribution in [2.45, 2.75) is 32.8 Å². The van der Waals surface area contributed by atoms with Gasteiger partial charge in [0.05, 0.1) is 24.1 Å². The van der Waals surface area contributed by atoms with Crippen LogP contribution >= 0.6 is 0 Å². The number of hydrogen-bond acceptors (Lipinski definition) is 3. The van der Waals surface area contributed by atoms with Gasteiger partial charge in [0.2, 0.25) is 5.91 Å². The van der Waals surface area contributed by atoms with Gasteiger partial charge in [-0.05, 0) is 36.5 Å². The molecule has 1 fully saturated rings. The minimum Gasteiger partial charge on any atom is -0.380 e. The molecule has 0 bridgehead atoms. The Hall–Kier alpha value is -1.88. The summed E-state index contributed by atoms with van der Waals surface area (Å²) in [5, 5.41) is 0. The molecule has 5 nitrogen and oxygen atoms in total. The van der Waals surface area contributed by atoms with Crippen molar-refractivity contribution in [3.8, 4) is 0 Å². The van der Waals surface area contributed by atoms with Crippen LogP contribution in [0.3, 0.4) is 0 Å². The highest BCUT2D eigenvalue weighted by Crippen LogP contribution is 2.20. The van der Waals surface area contributed by atoms with Crippen LogP contribution < -0.4 is 0 Å². The number of piperidine rings is 1. The summed E-state index contributed by atoms with van der Waals surface area (Å²) in [5.74, 6) is 1.75. The molecule has 0 aliphatic carbocycles. The monoisotopic (exact) mass is 315 g/mol. The van der Waals surface area contributed by atoms with E-state index in [9.17, 15) is 4.79 Å². The second-order valence-corrected chi connectivity index (χ2v) is 6.58. The van der Waals surface area contributed by atoms with Gasteiger partial charge in [0.1, 0.15) is 5.82 Å². The van der Waals surface area contributed by atoms with Crippen molar-refractivity contribution in [1.29, 1.82) is 0 Å². The number of nitrogens with zero attached hydrogens (tertiary/aromatic N) is 3. The first-order valence-corrected chi connectivity index (χ1v) is 8.29. The Bertz CT molecular complexity index is 700. The zero-order valence-electron chi connectivity index (χ0n) is 14.2. The largest absolute Gasteiger partial charge is 0.380 e. The number of imidazole rings is 1. The van der Waals surface area contributed by atoms with Crippen molar-refractivity contribution < 1.29 is 9.53 Å².